The lowest BCUT2D eigenvalue weighted by molar-refractivity contribution is 0.415. The zero-order valence-electron chi connectivity index (χ0n) is 9.36. The van der Waals surface area contributed by atoms with Gasteiger partial charge in [0, 0.05) is 6.20 Å². The standard InChI is InChI=1S/C14H11NO2/c1-17-11-4-5-12-10(8-11)3-2-9-6-7-15-14(16)13(9)12/h2-8H,1H3,(H,15,16). The van der Waals surface area contributed by atoms with E-state index in [0.717, 1.165) is 27.3 Å². The van der Waals surface area contributed by atoms with Gasteiger partial charge >= 0.3 is 0 Å². The summed E-state index contributed by atoms with van der Waals surface area (Å²) >= 11 is 0. The van der Waals surface area contributed by atoms with E-state index < -0.39 is 0 Å². The molecule has 1 heterocycles. The van der Waals surface area contributed by atoms with Crippen LogP contribution in [0, 0.1) is 0 Å². The molecule has 17 heavy (non-hydrogen) atoms. The number of H-pyrrole nitrogens is 1. The van der Waals surface area contributed by atoms with Crippen molar-refractivity contribution in [2.45, 2.75) is 0 Å². The Labute approximate surface area is 97.7 Å². The van der Waals surface area contributed by atoms with Crippen LogP contribution in [0.25, 0.3) is 21.5 Å². The molecule has 3 rings (SSSR count). The van der Waals surface area contributed by atoms with Gasteiger partial charge < -0.3 is 9.72 Å². The Balaban J connectivity index is 2.52. The predicted molar refractivity (Wildman–Crippen MR) is 68.6 cm³/mol. The number of ether oxygens (including phenoxy) is 1. The second-order valence-electron chi connectivity index (χ2n) is 3.92. The molecule has 2 aromatic carbocycles. The van der Waals surface area contributed by atoms with Crippen LogP contribution in [0.2, 0.25) is 0 Å². The summed E-state index contributed by atoms with van der Waals surface area (Å²) < 4.78 is 5.18. The number of methoxy groups -OCH3 is 1. The van der Waals surface area contributed by atoms with Crippen LogP contribution in [0.1, 0.15) is 0 Å². The van der Waals surface area contributed by atoms with E-state index in [1.807, 2.05) is 36.4 Å². The Hall–Kier alpha value is -2.29. The van der Waals surface area contributed by atoms with Gasteiger partial charge in [0.1, 0.15) is 5.75 Å². The topological polar surface area (TPSA) is 42.1 Å². The highest BCUT2D eigenvalue weighted by molar-refractivity contribution is 6.07. The first-order valence-corrected chi connectivity index (χ1v) is 5.38. The minimum atomic E-state index is -0.0572. The maximum absolute atomic E-state index is 11.9. The van der Waals surface area contributed by atoms with Gasteiger partial charge in [0.15, 0.2) is 0 Å². The molecule has 0 aliphatic heterocycles. The molecule has 0 spiro atoms. The van der Waals surface area contributed by atoms with E-state index >= 15 is 0 Å². The Morgan fingerprint density at radius 2 is 1.88 bits per heavy atom. The van der Waals surface area contributed by atoms with Gasteiger partial charge in [0.25, 0.3) is 5.56 Å². The zero-order valence-corrected chi connectivity index (χ0v) is 9.36. The average Bonchev–Trinajstić information content (AvgIpc) is 2.38. The summed E-state index contributed by atoms with van der Waals surface area (Å²) in [7, 11) is 1.63. The van der Waals surface area contributed by atoms with Crippen molar-refractivity contribution in [3.8, 4) is 5.75 Å². The monoisotopic (exact) mass is 225 g/mol. The molecule has 1 aromatic heterocycles. The van der Waals surface area contributed by atoms with Gasteiger partial charge in [-0.2, -0.15) is 0 Å². The number of rotatable bonds is 1. The molecule has 0 unspecified atom stereocenters. The molecule has 3 heteroatoms. The summed E-state index contributed by atoms with van der Waals surface area (Å²) in [5.74, 6) is 0.796. The van der Waals surface area contributed by atoms with Gasteiger partial charge in [0.05, 0.1) is 12.5 Å². The van der Waals surface area contributed by atoms with E-state index in [0.29, 0.717) is 0 Å². The summed E-state index contributed by atoms with van der Waals surface area (Å²) in [4.78, 5) is 14.6. The normalized spacial score (nSPS) is 10.9. The van der Waals surface area contributed by atoms with Gasteiger partial charge in [-0.15, -0.1) is 0 Å². The number of fused-ring (bicyclic) bond motifs is 3. The SMILES string of the molecule is COc1ccc2c(ccc3cc[nH]c(=O)c32)c1. The second kappa shape index (κ2) is 3.63. The maximum Gasteiger partial charge on any atom is 0.256 e. The van der Waals surface area contributed by atoms with Crippen molar-refractivity contribution in [2.24, 2.45) is 0 Å². The fourth-order valence-electron chi connectivity index (χ4n) is 2.12. The molecule has 0 saturated carbocycles. The van der Waals surface area contributed by atoms with Crippen molar-refractivity contribution in [3.05, 3.63) is 52.9 Å². The molecule has 3 aromatic rings. The molecule has 0 aliphatic rings. The highest BCUT2D eigenvalue weighted by atomic mass is 16.5. The van der Waals surface area contributed by atoms with E-state index in [1.54, 1.807) is 13.3 Å². The van der Waals surface area contributed by atoms with E-state index in [1.165, 1.54) is 0 Å². The van der Waals surface area contributed by atoms with Gasteiger partial charge in [-0.05, 0) is 40.4 Å². The lowest BCUT2D eigenvalue weighted by atomic mass is 10.0. The van der Waals surface area contributed by atoms with Gasteiger partial charge in [-0.1, -0.05) is 12.1 Å². The molecular weight excluding hydrogens is 214 g/mol. The highest BCUT2D eigenvalue weighted by Crippen LogP contribution is 2.25. The van der Waals surface area contributed by atoms with Crippen LogP contribution in [0.5, 0.6) is 5.75 Å². The van der Waals surface area contributed by atoms with Crippen molar-refractivity contribution < 1.29 is 4.74 Å². The second-order valence-corrected chi connectivity index (χ2v) is 3.92. The van der Waals surface area contributed by atoms with Gasteiger partial charge in [-0.3, -0.25) is 4.79 Å². The van der Waals surface area contributed by atoms with Crippen LogP contribution in [0.3, 0.4) is 0 Å². The number of benzene rings is 2. The van der Waals surface area contributed by atoms with Crippen molar-refractivity contribution in [1.82, 2.24) is 4.98 Å². The smallest absolute Gasteiger partial charge is 0.256 e. The molecule has 0 atom stereocenters. The highest BCUT2D eigenvalue weighted by Gasteiger charge is 2.04. The summed E-state index contributed by atoms with van der Waals surface area (Å²) in [6.07, 6.45) is 1.67. The van der Waals surface area contributed by atoms with Crippen molar-refractivity contribution >= 4 is 21.5 Å². The third-order valence-electron chi connectivity index (χ3n) is 2.96. The largest absolute Gasteiger partial charge is 0.497 e. The third kappa shape index (κ3) is 1.47. The molecule has 3 nitrogen and oxygen atoms in total. The molecule has 0 saturated heterocycles. The van der Waals surface area contributed by atoms with Crippen LogP contribution < -0.4 is 10.3 Å². The first kappa shape index (κ1) is 9.90. The fourth-order valence-corrected chi connectivity index (χ4v) is 2.12. The minimum absolute atomic E-state index is 0.0572. The summed E-state index contributed by atoms with van der Waals surface area (Å²) in [6.45, 7) is 0. The first-order chi connectivity index (χ1) is 8.29. The molecule has 0 fully saturated rings. The lowest BCUT2D eigenvalue weighted by Gasteiger charge is -2.05. The number of aromatic amines is 1. The number of aromatic nitrogens is 1. The first-order valence-electron chi connectivity index (χ1n) is 5.38. The molecule has 0 amide bonds. The third-order valence-corrected chi connectivity index (χ3v) is 2.96. The molecular formula is C14H11NO2. The van der Waals surface area contributed by atoms with Crippen LogP contribution in [0.15, 0.2) is 47.4 Å². The average molecular weight is 225 g/mol. The Morgan fingerprint density at radius 1 is 1.06 bits per heavy atom. The summed E-state index contributed by atoms with van der Waals surface area (Å²) in [6, 6.07) is 11.6. The Kier molecular flexibility index (Phi) is 2.11. The van der Waals surface area contributed by atoms with E-state index in [4.69, 9.17) is 4.74 Å². The Bertz CT molecular complexity index is 759. The number of hydrogen-bond donors (Lipinski definition) is 1. The van der Waals surface area contributed by atoms with Crippen LogP contribution in [0.4, 0.5) is 0 Å². The van der Waals surface area contributed by atoms with E-state index in [9.17, 15) is 4.79 Å². The van der Waals surface area contributed by atoms with E-state index in [-0.39, 0.29) is 5.56 Å². The number of nitrogens with one attached hydrogen (secondary N) is 1. The fraction of sp³-hybridized carbons (Fsp3) is 0.0714. The predicted octanol–water partition coefficient (Wildman–Crippen LogP) is 2.69. The molecule has 0 bridgehead atoms. The molecule has 84 valence electrons. The molecule has 0 aliphatic carbocycles. The van der Waals surface area contributed by atoms with Gasteiger partial charge in [0.2, 0.25) is 0 Å². The minimum Gasteiger partial charge on any atom is -0.497 e. The number of hydrogen-bond acceptors (Lipinski definition) is 2. The quantitative estimate of drug-likeness (QED) is 0.647. The lowest BCUT2D eigenvalue weighted by Crippen LogP contribution is -2.04. The molecule has 0 radical (unpaired) electrons. The van der Waals surface area contributed by atoms with Crippen LogP contribution >= 0.6 is 0 Å². The maximum atomic E-state index is 11.9. The van der Waals surface area contributed by atoms with Crippen molar-refractivity contribution in [3.63, 3.8) is 0 Å². The van der Waals surface area contributed by atoms with Gasteiger partial charge in [-0.25, -0.2) is 0 Å². The van der Waals surface area contributed by atoms with Crippen molar-refractivity contribution in [2.75, 3.05) is 7.11 Å². The van der Waals surface area contributed by atoms with E-state index in [2.05, 4.69) is 4.98 Å². The van der Waals surface area contributed by atoms with Crippen LogP contribution in [-0.2, 0) is 0 Å². The number of pyridine rings is 1. The summed E-state index contributed by atoms with van der Waals surface area (Å²) in [5, 5.41) is 3.64. The Morgan fingerprint density at radius 3 is 2.71 bits per heavy atom. The van der Waals surface area contributed by atoms with Crippen molar-refractivity contribution in [1.29, 1.82) is 0 Å². The zero-order chi connectivity index (χ0) is 11.8. The van der Waals surface area contributed by atoms with Crippen LogP contribution in [-0.4, -0.2) is 12.1 Å². The summed E-state index contributed by atoms with van der Waals surface area (Å²) in [5.41, 5.74) is -0.0572. The molecule has 1 N–H and O–H groups in total.